The minimum absolute atomic E-state index is 0.0126. The van der Waals surface area contributed by atoms with Gasteiger partial charge in [0.05, 0.1) is 25.4 Å². The van der Waals surface area contributed by atoms with Crippen LogP contribution in [0.2, 0.25) is 0 Å². The van der Waals surface area contributed by atoms with Crippen LogP contribution in [-0.2, 0) is 23.8 Å². The van der Waals surface area contributed by atoms with E-state index < -0.39 is 6.10 Å². The van der Waals surface area contributed by atoms with Crippen LogP contribution in [0.3, 0.4) is 0 Å². The fraction of sp³-hybridized carbons (Fsp3) is 0.879. The molecule has 2 aliphatic heterocycles. The predicted octanol–water partition coefficient (Wildman–Crippen LogP) is 4.92. The van der Waals surface area contributed by atoms with E-state index in [9.17, 15) is 14.7 Å². The second-order valence-electron chi connectivity index (χ2n) is 15.8. The number of hydrogen-bond donors (Lipinski definition) is 1. The molecule has 222 valence electrons. The molecule has 2 radical (unpaired) electrons. The molecule has 0 aromatic carbocycles. The fourth-order valence-electron chi connectivity index (χ4n) is 12.4. The van der Waals surface area contributed by atoms with Crippen LogP contribution in [-0.4, -0.2) is 60.4 Å². The molecule has 7 rings (SSSR count). The molecule has 1 N–H and O–H groups in total. The van der Waals surface area contributed by atoms with Gasteiger partial charge >= 0.3 is 0 Å². The highest BCUT2D eigenvalue weighted by Gasteiger charge is 2.84. The Morgan fingerprint density at radius 2 is 1.80 bits per heavy atom. The number of amides is 1. The number of nitrogens with zero attached hydrogens (tertiary/aromatic N) is 1. The zero-order valence-electron chi connectivity index (χ0n) is 25.3. The summed E-state index contributed by atoms with van der Waals surface area (Å²) in [6, 6.07) is 0. The molecule has 5 aliphatic carbocycles. The van der Waals surface area contributed by atoms with Crippen molar-refractivity contribution in [2.75, 3.05) is 19.7 Å². The van der Waals surface area contributed by atoms with Gasteiger partial charge in [-0.2, -0.15) is 0 Å². The maximum atomic E-state index is 12.1. The van der Waals surface area contributed by atoms with Crippen molar-refractivity contribution in [3.05, 3.63) is 12.2 Å². The van der Waals surface area contributed by atoms with Gasteiger partial charge in [0.15, 0.2) is 18.7 Å². The summed E-state index contributed by atoms with van der Waals surface area (Å²) in [5, 5.41) is 12.1. The van der Waals surface area contributed by atoms with E-state index in [4.69, 9.17) is 14.2 Å². The minimum atomic E-state index is -0.628. The molecule has 7 nitrogen and oxygen atoms in total. The van der Waals surface area contributed by atoms with Crippen LogP contribution in [0.1, 0.15) is 92.9 Å². The molecule has 7 heteroatoms. The summed E-state index contributed by atoms with van der Waals surface area (Å²) in [5.41, 5.74) is 0.315. The molecule has 1 amide bonds. The van der Waals surface area contributed by atoms with Gasteiger partial charge in [-0.05, 0) is 90.8 Å². The van der Waals surface area contributed by atoms with Crippen molar-refractivity contribution >= 4 is 12.2 Å². The molecule has 0 aromatic heterocycles. The van der Waals surface area contributed by atoms with Crippen LogP contribution in [0.15, 0.2) is 0 Å². The van der Waals surface area contributed by atoms with Crippen molar-refractivity contribution in [2.45, 2.75) is 111 Å². The number of morpholine rings is 1. The standard InChI is InChI=1S/C33H49NO6/c1-19-15-21(17-35)39-27-26(19)30(5)11-12-33-18-32(33)10-9-24(40-25-16-34(20(2)36)13-14-38-25)29(3,4)22(32)7-8-23(33)31(30,6)28(27)37/h17,19,22-26,28,37H,7-16,18H2,1-6H3/t19-,22+,23+,24?,25?,26?,28+,30-,31-,32-,33?/m1/s1. The topological polar surface area (TPSA) is 85.3 Å². The average Bonchev–Trinajstić information content (AvgIpc) is 3.55. The summed E-state index contributed by atoms with van der Waals surface area (Å²) < 4.78 is 18.9. The number of ether oxygens (including phenoxy) is 3. The van der Waals surface area contributed by atoms with Crippen LogP contribution >= 0.6 is 0 Å². The molecule has 2 spiro atoms. The first-order valence-electron chi connectivity index (χ1n) is 15.9. The SMILES string of the molecule is CC(=O)N1CCOC(OC2CC[C@]34CC35CC[C@]3(C)C6[C](O[C](C=O)C[C@H]6C)[C@H](O)[C@@]3(C)[C@@H]5CC[C@H]4C2(C)C)C1. The molecule has 40 heavy (non-hydrogen) atoms. The summed E-state index contributed by atoms with van der Waals surface area (Å²) in [7, 11) is 0. The first kappa shape index (κ1) is 27.8. The second kappa shape index (κ2) is 8.76. The quantitative estimate of drug-likeness (QED) is 0.498. The average molecular weight is 556 g/mol. The van der Waals surface area contributed by atoms with Gasteiger partial charge in [0.2, 0.25) is 5.91 Å². The van der Waals surface area contributed by atoms with Crippen LogP contribution in [0.5, 0.6) is 0 Å². The molecule has 7 aliphatic rings. The lowest BCUT2D eigenvalue weighted by Crippen LogP contribution is -2.60. The van der Waals surface area contributed by atoms with Gasteiger partial charge in [0.25, 0.3) is 0 Å². The number of aliphatic hydroxyl groups is 1. The van der Waals surface area contributed by atoms with Crippen molar-refractivity contribution in [3.63, 3.8) is 0 Å². The lowest BCUT2D eigenvalue weighted by molar-refractivity contribution is -0.247. The highest BCUT2D eigenvalue weighted by molar-refractivity contribution is 5.73. The Bertz CT molecular complexity index is 1080. The number of fused-ring (bicyclic) bond motifs is 4. The van der Waals surface area contributed by atoms with E-state index in [0.29, 0.717) is 55.4 Å². The first-order valence-corrected chi connectivity index (χ1v) is 15.9. The Hall–Kier alpha value is -1.02. The summed E-state index contributed by atoms with van der Waals surface area (Å²) in [6.45, 7) is 15.2. The van der Waals surface area contributed by atoms with Crippen molar-refractivity contribution < 1.29 is 28.9 Å². The lowest BCUT2D eigenvalue weighted by atomic mass is 9.41. The maximum Gasteiger partial charge on any atom is 0.219 e. The van der Waals surface area contributed by atoms with Gasteiger partial charge in [-0.25, -0.2) is 0 Å². The predicted molar refractivity (Wildman–Crippen MR) is 148 cm³/mol. The van der Waals surface area contributed by atoms with E-state index in [1.165, 1.54) is 19.3 Å². The van der Waals surface area contributed by atoms with Gasteiger partial charge in [-0.1, -0.05) is 34.6 Å². The third kappa shape index (κ3) is 3.27. The highest BCUT2D eigenvalue weighted by atomic mass is 16.7. The molecule has 7 fully saturated rings. The largest absolute Gasteiger partial charge is 0.389 e. The number of aldehydes is 1. The van der Waals surface area contributed by atoms with E-state index in [1.807, 2.05) is 4.90 Å². The van der Waals surface area contributed by atoms with E-state index in [2.05, 4.69) is 34.6 Å². The van der Waals surface area contributed by atoms with Crippen LogP contribution in [0.4, 0.5) is 0 Å². The molecule has 2 heterocycles. The second-order valence-corrected chi connectivity index (χ2v) is 15.8. The summed E-state index contributed by atoms with van der Waals surface area (Å²) in [6.07, 6.45) is 10.0. The van der Waals surface area contributed by atoms with Gasteiger partial charge in [0.1, 0.15) is 6.10 Å². The minimum Gasteiger partial charge on any atom is -0.389 e. The smallest absolute Gasteiger partial charge is 0.219 e. The van der Waals surface area contributed by atoms with E-state index in [0.717, 1.165) is 38.1 Å². The van der Waals surface area contributed by atoms with Gasteiger partial charge in [-0.3, -0.25) is 9.59 Å². The number of rotatable bonds is 3. The third-order valence-corrected chi connectivity index (χ3v) is 14.3. The zero-order chi connectivity index (χ0) is 28.5. The number of aliphatic hydroxyl groups excluding tert-OH is 1. The fourth-order valence-corrected chi connectivity index (χ4v) is 12.4. The summed E-state index contributed by atoms with van der Waals surface area (Å²) in [5.74, 6) is 1.62. The molecule has 4 unspecified atom stereocenters. The van der Waals surface area contributed by atoms with E-state index >= 15 is 0 Å². The van der Waals surface area contributed by atoms with Crippen LogP contribution in [0.25, 0.3) is 0 Å². The van der Waals surface area contributed by atoms with E-state index in [1.54, 1.807) is 6.92 Å². The Kier molecular flexibility index (Phi) is 6.09. The number of hydrogen-bond acceptors (Lipinski definition) is 6. The summed E-state index contributed by atoms with van der Waals surface area (Å²) in [4.78, 5) is 25.5. The molecule has 0 bridgehead atoms. The third-order valence-electron chi connectivity index (χ3n) is 14.3. The monoisotopic (exact) mass is 555 g/mol. The Morgan fingerprint density at radius 3 is 2.52 bits per heavy atom. The molecule has 2 saturated heterocycles. The van der Waals surface area contributed by atoms with Crippen molar-refractivity contribution in [2.24, 2.45) is 50.7 Å². The Balaban J connectivity index is 1.15. The molecular formula is C33H49NO6. The Morgan fingerprint density at radius 1 is 1.07 bits per heavy atom. The van der Waals surface area contributed by atoms with Crippen LogP contribution in [0, 0.1) is 63.0 Å². The van der Waals surface area contributed by atoms with Crippen LogP contribution < -0.4 is 0 Å². The molecule has 5 saturated carbocycles. The van der Waals surface area contributed by atoms with Gasteiger partial charge in [-0.15, -0.1) is 0 Å². The van der Waals surface area contributed by atoms with E-state index in [-0.39, 0.29) is 45.9 Å². The van der Waals surface area contributed by atoms with Crippen molar-refractivity contribution in [3.8, 4) is 0 Å². The highest BCUT2D eigenvalue weighted by Crippen LogP contribution is 2.89. The normalized spacial score (nSPS) is 53.5. The van der Waals surface area contributed by atoms with Crippen molar-refractivity contribution in [1.29, 1.82) is 0 Å². The number of carbonyl (C=O) groups excluding carboxylic acids is 2. The molecular weight excluding hydrogens is 506 g/mol. The number of carbonyl (C=O) groups is 2. The van der Waals surface area contributed by atoms with Crippen molar-refractivity contribution in [1.82, 2.24) is 4.90 Å². The molecule has 11 atom stereocenters. The zero-order valence-corrected chi connectivity index (χ0v) is 25.3. The maximum absolute atomic E-state index is 12.1. The first-order chi connectivity index (χ1) is 18.9. The molecule has 0 aromatic rings. The van der Waals surface area contributed by atoms with Gasteiger partial charge in [0, 0.05) is 24.8 Å². The lowest BCUT2D eigenvalue weighted by Gasteiger charge is -2.63. The Labute approximate surface area is 240 Å². The van der Waals surface area contributed by atoms with Gasteiger partial charge < -0.3 is 24.2 Å². The summed E-state index contributed by atoms with van der Waals surface area (Å²) >= 11 is 0.